The lowest BCUT2D eigenvalue weighted by atomic mass is 10.0. The zero-order chi connectivity index (χ0) is 23.4. The number of ether oxygens (including phenoxy) is 1. The third-order valence-corrected chi connectivity index (χ3v) is 5.27. The Hall–Kier alpha value is -3.79. The number of aromatic nitrogens is 3. The van der Waals surface area contributed by atoms with Crippen molar-refractivity contribution in [1.82, 2.24) is 25.6 Å². The predicted octanol–water partition coefficient (Wildman–Crippen LogP) is 2.31. The maximum Gasteiger partial charge on any atom is 0.414 e. The highest BCUT2D eigenvalue weighted by Crippen LogP contribution is 2.29. The van der Waals surface area contributed by atoms with Gasteiger partial charge in [0.15, 0.2) is 0 Å². The summed E-state index contributed by atoms with van der Waals surface area (Å²) in [4.78, 5) is 24.6. The topological polar surface area (TPSA) is 101 Å². The maximum absolute atomic E-state index is 14.9. The van der Waals surface area contributed by atoms with Crippen LogP contribution in [0, 0.1) is 5.82 Å². The summed E-state index contributed by atoms with van der Waals surface area (Å²) in [6, 6.07) is 12.2. The van der Waals surface area contributed by atoms with Crippen LogP contribution < -0.4 is 15.5 Å². The quantitative estimate of drug-likeness (QED) is 0.544. The van der Waals surface area contributed by atoms with Crippen molar-refractivity contribution in [2.75, 3.05) is 25.0 Å². The zero-order valence-electron chi connectivity index (χ0n) is 18.4. The molecule has 1 fully saturated rings. The number of amides is 2. The summed E-state index contributed by atoms with van der Waals surface area (Å²) in [5.41, 5.74) is 3.45. The van der Waals surface area contributed by atoms with Gasteiger partial charge in [-0.3, -0.25) is 9.69 Å². The average Bonchev–Trinajstić information content (AvgIpc) is 3.39. The van der Waals surface area contributed by atoms with E-state index in [4.69, 9.17) is 4.74 Å². The molecule has 0 saturated carbocycles. The summed E-state index contributed by atoms with van der Waals surface area (Å²) >= 11 is 0. The molecule has 3 aromatic rings. The number of hydrogen-bond donors (Lipinski definition) is 2. The minimum atomic E-state index is -0.562. The molecule has 1 unspecified atom stereocenters. The molecule has 0 aliphatic carbocycles. The molecule has 172 valence electrons. The van der Waals surface area contributed by atoms with Gasteiger partial charge in [-0.2, -0.15) is 0 Å². The highest BCUT2D eigenvalue weighted by atomic mass is 19.1. The summed E-state index contributed by atoms with van der Waals surface area (Å²) < 4.78 is 21.9. The molecular weight excluding hydrogens is 427 g/mol. The Morgan fingerprint density at radius 1 is 1.24 bits per heavy atom. The van der Waals surface area contributed by atoms with Gasteiger partial charge >= 0.3 is 6.09 Å². The lowest BCUT2D eigenvalue weighted by Crippen LogP contribution is -2.33. The van der Waals surface area contributed by atoms with E-state index in [-0.39, 0.29) is 19.0 Å². The van der Waals surface area contributed by atoms with Crippen LogP contribution in [0.5, 0.6) is 0 Å². The fourth-order valence-corrected chi connectivity index (χ4v) is 3.66. The van der Waals surface area contributed by atoms with E-state index in [1.165, 1.54) is 17.9 Å². The number of carbonyl (C=O) groups is 2. The van der Waals surface area contributed by atoms with Gasteiger partial charge in [0, 0.05) is 19.0 Å². The summed E-state index contributed by atoms with van der Waals surface area (Å²) in [7, 11) is 1.85. The summed E-state index contributed by atoms with van der Waals surface area (Å²) in [6.07, 6.45) is 0.844. The second-order valence-electron chi connectivity index (χ2n) is 7.85. The van der Waals surface area contributed by atoms with E-state index in [9.17, 15) is 14.0 Å². The fourth-order valence-electron chi connectivity index (χ4n) is 3.66. The Morgan fingerprint density at radius 2 is 2.03 bits per heavy atom. The molecule has 2 aromatic carbocycles. The number of anilines is 1. The number of cyclic esters (lactones) is 1. The second kappa shape index (κ2) is 9.78. The molecule has 0 radical (unpaired) electrons. The van der Waals surface area contributed by atoms with Crippen molar-refractivity contribution in [1.29, 1.82) is 0 Å². The van der Waals surface area contributed by atoms with E-state index < -0.39 is 18.0 Å². The smallest absolute Gasteiger partial charge is 0.414 e. The number of nitrogens with zero attached hydrogens (tertiary/aromatic N) is 4. The lowest BCUT2D eigenvalue weighted by molar-refractivity contribution is -0.119. The van der Waals surface area contributed by atoms with Crippen molar-refractivity contribution in [3.8, 4) is 11.1 Å². The fraction of sp³-hybridized carbons (Fsp3) is 0.304. The van der Waals surface area contributed by atoms with Gasteiger partial charge in [-0.15, -0.1) is 5.10 Å². The largest absolute Gasteiger partial charge is 0.442 e. The summed E-state index contributed by atoms with van der Waals surface area (Å²) in [5.74, 6) is -0.642. The predicted molar refractivity (Wildman–Crippen MR) is 120 cm³/mol. The molecule has 1 atom stereocenters. The Kier molecular flexibility index (Phi) is 6.64. The Morgan fingerprint density at radius 3 is 2.73 bits per heavy atom. The molecule has 33 heavy (non-hydrogen) atoms. The van der Waals surface area contributed by atoms with Crippen LogP contribution in [-0.2, 0) is 22.6 Å². The molecule has 2 amide bonds. The van der Waals surface area contributed by atoms with Gasteiger partial charge in [-0.25, -0.2) is 13.9 Å². The summed E-state index contributed by atoms with van der Waals surface area (Å²) in [6.45, 7) is 3.07. The zero-order valence-corrected chi connectivity index (χ0v) is 18.4. The minimum Gasteiger partial charge on any atom is -0.442 e. The van der Waals surface area contributed by atoms with Gasteiger partial charge < -0.3 is 15.4 Å². The van der Waals surface area contributed by atoms with Gasteiger partial charge in [0.1, 0.15) is 11.9 Å². The first-order chi connectivity index (χ1) is 15.9. The minimum absolute atomic E-state index is 0.203. The van der Waals surface area contributed by atoms with Crippen molar-refractivity contribution >= 4 is 17.7 Å². The first-order valence-corrected chi connectivity index (χ1v) is 10.6. The van der Waals surface area contributed by atoms with Crippen molar-refractivity contribution in [3.63, 3.8) is 0 Å². The van der Waals surface area contributed by atoms with Crippen LogP contribution in [-0.4, -0.2) is 53.2 Å². The van der Waals surface area contributed by atoms with E-state index >= 15 is 0 Å². The van der Waals surface area contributed by atoms with Crippen molar-refractivity contribution in [2.24, 2.45) is 0 Å². The van der Waals surface area contributed by atoms with Crippen LogP contribution in [0.3, 0.4) is 0 Å². The van der Waals surface area contributed by atoms with Crippen molar-refractivity contribution in [2.45, 2.75) is 26.1 Å². The van der Waals surface area contributed by atoms with Crippen LogP contribution in [0.15, 0.2) is 48.7 Å². The SMILES string of the molecule is CNCc1cn(Cc2ccc(-c3ccc(N4CC(CNC(C)=O)OC4=O)cc3F)cc2)nn1. The van der Waals surface area contributed by atoms with Gasteiger partial charge in [-0.1, -0.05) is 29.5 Å². The number of halogens is 1. The van der Waals surface area contributed by atoms with E-state index in [0.717, 1.165) is 16.8 Å². The standard InChI is InChI=1S/C23H25FN6O3/c1-15(31)26-11-20-14-30(23(32)33-20)19-7-8-21(22(24)9-19)17-5-3-16(4-6-17)12-29-13-18(10-25-2)27-28-29/h3-9,13,20,25H,10-12,14H2,1-2H3,(H,26,31). The number of carbonyl (C=O) groups excluding carboxylic acids is 2. The molecule has 1 aromatic heterocycles. The van der Waals surface area contributed by atoms with Gasteiger partial charge in [0.05, 0.1) is 37.2 Å². The highest BCUT2D eigenvalue weighted by molar-refractivity contribution is 5.90. The second-order valence-corrected chi connectivity index (χ2v) is 7.85. The van der Waals surface area contributed by atoms with E-state index in [1.54, 1.807) is 16.8 Å². The molecule has 2 heterocycles. The van der Waals surface area contributed by atoms with E-state index in [0.29, 0.717) is 24.3 Å². The van der Waals surface area contributed by atoms with E-state index in [1.807, 2.05) is 37.5 Å². The van der Waals surface area contributed by atoms with Gasteiger partial charge in [-0.05, 0) is 36.4 Å². The molecule has 2 N–H and O–H groups in total. The Labute approximate surface area is 190 Å². The van der Waals surface area contributed by atoms with E-state index in [2.05, 4.69) is 20.9 Å². The van der Waals surface area contributed by atoms with Gasteiger partial charge in [0.25, 0.3) is 0 Å². The summed E-state index contributed by atoms with van der Waals surface area (Å²) in [5, 5.41) is 13.9. The highest BCUT2D eigenvalue weighted by Gasteiger charge is 2.32. The molecule has 1 saturated heterocycles. The van der Waals surface area contributed by atoms with Crippen LogP contribution in [0.1, 0.15) is 18.2 Å². The van der Waals surface area contributed by atoms with Gasteiger partial charge in [0.2, 0.25) is 5.91 Å². The molecule has 1 aliphatic heterocycles. The monoisotopic (exact) mass is 452 g/mol. The Bertz CT molecular complexity index is 1150. The maximum atomic E-state index is 14.9. The molecule has 9 nitrogen and oxygen atoms in total. The van der Waals surface area contributed by atoms with Crippen molar-refractivity contribution < 1.29 is 18.7 Å². The average molecular weight is 452 g/mol. The first-order valence-electron chi connectivity index (χ1n) is 10.6. The molecule has 10 heteroatoms. The van der Waals surface area contributed by atoms with Crippen molar-refractivity contribution in [3.05, 3.63) is 65.7 Å². The normalized spacial score (nSPS) is 15.5. The van der Waals surface area contributed by atoms with Crippen LogP contribution in [0.2, 0.25) is 0 Å². The molecule has 1 aliphatic rings. The number of benzene rings is 2. The molecule has 0 spiro atoms. The number of rotatable bonds is 8. The first kappa shape index (κ1) is 22.4. The molecule has 4 rings (SSSR count). The van der Waals surface area contributed by atoms with Crippen LogP contribution in [0.25, 0.3) is 11.1 Å². The van der Waals surface area contributed by atoms with Crippen LogP contribution >= 0.6 is 0 Å². The molecular formula is C23H25FN6O3. The Balaban J connectivity index is 1.43. The molecule has 0 bridgehead atoms. The third kappa shape index (κ3) is 5.35. The number of hydrogen-bond acceptors (Lipinski definition) is 6. The van der Waals surface area contributed by atoms with Crippen LogP contribution in [0.4, 0.5) is 14.9 Å². The third-order valence-electron chi connectivity index (χ3n) is 5.27. The lowest BCUT2D eigenvalue weighted by Gasteiger charge is -2.14. The number of nitrogens with one attached hydrogen (secondary N) is 2.